The Hall–Kier alpha value is -2.61. The van der Waals surface area contributed by atoms with Crippen LogP contribution in [0.3, 0.4) is 0 Å². The molecule has 1 amide bonds. The molecule has 10 nitrogen and oxygen atoms in total. The molecule has 1 aromatic heterocycles. The summed E-state index contributed by atoms with van der Waals surface area (Å²) in [5.41, 5.74) is 0.284. The summed E-state index contributed by atoms with van der Waals surface area (Å²) in [6, 6.07) is 8.73. The lowest BCUT2D eigenvalue weighted by Crippen LogP contribution is -2.42. The number of hydrogen-bond acceptors (Lipinski definition) is 9. The molecule has 0 aliphatic carbocycles. The number of carbonyl (C=O) groups excluding carboxylic acids is 2. The van der Waals surface area contributed by atoms with E-state index in [1.807, 2.05) is 17.5 Å². The van der Waals surface area contributed by atoms with E-state index in [2.05, 4.69) is 4.90 Å². The van der Waals surface area contributed by atoms with Crippen LogP contribution in [0.25, 0.3) is 5.76 Å². The third-order valence-corrected chi connectivity index (χ3v) is 9.69. The monoisotopic (exact) mass is 547 g/mol. The van der Waals surface area contributed by atoms with Crippen LogP contribution in [0.1, 0.15) is 16.5 Å². The number of thiophene rings is 1. The Morgan fingerprint density at radius 3 is 2.22 bits per heavy atom. The fourth-order valence-electron chi connectivity index (χ4n) is 4.80. The van der Waals surface area contributed by atoms with Crippen LogP contribution >= 0.6 is 11.3 Å². The van der Waals surface area contributed by atoms with Gasteiger partial charge in [-0.1, -0.05) is 6.07 Å². The lowest BCUT2D eigenvalue weighted by molar-refractivity contribution is -0.140. The molecule has 0 saturated carbocycles. The molecule has 198 valence electrons. The lowest BCUT2D eigenvalue weighted by atomic mass is 10.00. The number of rotatable bonds is 7. The predicted octanol–water partition coefficient (Wildman–Crippen LogP) is 1.52. The predicted molar refractivity (Wildman–Crippen MR) is 137 cm³/mol. The van der Waals surface area contributed by atoms with E-state index < -0.39 is 27.8 Å². The Morgan fingerprint density at radius 1 is 0.946 bits per heavy atom. The topological polar surface area (TPSA) is 117 Å². The number of hydrogen-bond donors (Lipinski definition) is 1. The van der Waals surface area contributed by atoms with Crippen LogP contribution in [-0.4, -0.2) is 105 Å². The largest absolute Gasteiger partial charge is 0.507 e. The van der Waals surface area contributed by atoms with Gasteiger partial charge in [-0.05, 0) is 35.7 Å². The van der Waals surface area contributed by atoms with E-state index in [0.717, 1.165) is 18.0 Å². The molecular weight excluding hydrogens is 518 g/mol. The van der Waals surface area contributed by atoms with Crippen molar-refractivity contribution in [2.24, 2.45) is 0 Å². The van der Waals surface area contributed by atoms with Crippen molar-refractivity contribution >= 4 is 38.8 Å². The van der Waals surface area contributed by atoms with Gasteiger partial charge in [0.2, 0.25) is 10.0 Å². The molecule has 3 aliphatic rings. The van der Waals surface area contributed by atoms with Crippen molar-refractivity contribution in [2.75, 3.05) is 65.7 Å². The van der Waals surface area contributed by atoms with Gasteiger partial charge in [0, 0.05) is 49.7 Å². The van der Waals surface area contributed by atoms with Gasteiger partial charge in [-0.25, -0.2) is 8.42 Å². The summed E-state index contributed by atoms with van der Waals surface area (Å²) in [5.74, 6) is -1.72. The third-order valence-electron chi connectivity index (χ3n) is 6.85. The van der Waals surface area contributed by atoms with Gasteiger partial charge in [-0.2, -0.15) is 4.31 Å². The van der Waals surface area contributed by atoms with Gasteiger partial charge < -0.3 is 19.5 Å². The number of aliphatic hydroxyl groups is 1. The number of likely N-dealkylation sites (tertiary alicyclic amines) is 1. The molecule has 0 unspecified atom stereocenters. The highest BCUT2D eigenvalue weighted by atomic mass is 32.2. The van der Waals surface area contributed by atoms with Crippen LogP contribution in [0.2, 0.25) is 0 Å². The Morgan fingerprint density at radius 2 is 1.59 bits per heavy atom. The fraction of sp³-hybridized carbons (Fsp3) is 0.440. The average molecular weight is 548 g/mol. The first-order valence-corrected chi connectivity index (χ1v) is 14.5. The molecule has 3 saturated heterocycles. The number of nitrogens with zero attached hydrogens (tertiary/aromatic N) is 3. The van der Waals surface area contributed by atoms with Crippen LogP contribution in [0.15, 0.2) is 52.2 Å². The Labute approximate surface area is 219 Å². The van der Waals surface area contributed by atoms with Gasteiger partial charge in [-0.3, -0.25) is 14.5 Å². The summed E-state index contributed by atoms with van der Waals surface area (Å²) < 4.78 is 37.9. The minimum atomic E-state index is -3.70. The summed E-state index contributed by atoms with van der Waals surface area (Å²) in [7, 11) is -3.70. The number of ketones is 1. The molecule has 0 bridgehead atoms. The summed E-state index contributed by atoms with van der Waals surface area (Å²) >= 11 is 1.41. The first-order chi connectivity index (χ1) is 17.9. The molecule has 1 atom stereocenters. The average Bonchev–Trinajstić information content (AvgIpc) is 3.55. The first kappa shape index (κ1) is 26.0. The highest BCUT2D eigenvalue weighted by Crippen LogP contribution is 2.41. The number of carbonyl (C=O) groups is 2. The minimum absolute atomic E-state index is 0.0122. The maximum atomic E-state index is 13.2. The molecule has 2 aromatic rings. The second-order valence-corrected chi connectivity index (χ2v) is 11.9. The van der Waals surface area contributed by atoms with E-state index in [1.165, 1.54) is 44.8 Å². The van der Waals surface area contributed by atoms with Crippen molar-refractivity contribution in [3.8, 4) is 0 Å². The normalized spacial score (nSPS) is 23.6. The van der Waals surface area contributed by atoms with Gasteiger partial charge in [-0.15, -0.1) is 11.3 Å². The summed E-state index contributed by atoms with van der Waals surface area (Å²) in [6.07, 6.45) is 0. The fourth-order valence-corrected chi connectivity index (χ4v) is 7.06. The van der Waals surface area contributed by atoms with Crippen LogP contribution < -0.4 is 0 Å². The molecule has 12 heteroatoms. The van der Waals surface area contributed by atoms with Crippen molar-refractivity contribution in [3.05, 3.63) is 57.8 Å². The molecule has 3 aliphatic heterocycles. The van der Waals surface area contributed by atoms with Crippen molar-refractivity contribution < 1.29 is 32.6 Å². The van der Waals surface area contributed by atoms with Crippen molar-refractivity contribution in [1.29, 1.82) is 0 Å². The Bertz CT molecular complexity index is 1260. The van der Waals surface area contributed by atoms with E-state index in [-0.39, 0.29) is 34.9 Å². The summed E-state index contributed by atoms with van der Waals surface area (Å²) in [6.45, 7) is 4.93. The molecule has 0 radical (unpaired) electrons. The number of benzene rings is 1. The molecule has 0 spiro atoms. The van der Waals surface area contributed by atoms with Gasteiger partial charge in [0.05, 0.1) is 42.9 Å². The second-order valence-electron chi connectivity index (χ2n) is 9.00. The summed E-state index contributed by atoms with van der Waals surface area (Å²) in [5, 5.41) is 13.1. The third kappa shape index (κ3) is 5.22. The molecule has 3 fully saturated rings. The molecule has 37 heavy (non-hydrogen) atoms. The lowest BCUT2D eigenvalue weighted by Gasteiger charge is -2.30. The Balaban J connectivity index is 1.44. The van der Waals surface area contributed by atoms with Gasteiger partial charge in [0.25, 0.3) is 11.7 Å². The zero-order chi connectivity index (χ0) is 26.0. The van der Waals surface area contributed by atoms with Crippen LogP contribution in [-0.2, 0) is 29.1 Å². The highest BCUT2D eigenvalue weighted by molar-refractivity contribution is 7.89. The SMILES string of the molecule is O=C1C(=O)N(CCN2CCOCC2)[C@@H](c2cccs2)/C1=C(\O)c1ccc(S(=O)(=O)N2CCOCC2)cc1. The standard InChI is InChI=1S/C25H29N3O7S2/c29-23(18-3-5-19(6-4-18)37(32,33)27-11-15-35-16-12-27)21-22(20-2-1-17-36-20)28(25(31)24(21)30)8-7-26-9-13-34-14-10-26/h1-6,17,22,29H,7-16H2/b23-21+/t22-/m0/s1. The number of morpholine rings is 2. The van der Waals surface area contributed by atoms with E-state index in [0.29, 0.717) is 39.5 Å². The highest BCUT2D eigenvalue weighted by Gasteiger charge is 2.46. The number of aliphatic hydroxyl groups excluding tert-OH is 1. The van der Waals surface area contributed by atoms with Crippen molar-refractivity contribution in [3.63, 3.8) is 0 Å². The van der Waals surface area contributed by atoms with Crippen molar-refractivity contribution in [1.82, 2.24) is 14.1 Å². The molecule has 1 aromatic carbocycles. The molecule has 1 N–H and O–H groups in total. The number of Topliss-reactive ketones (excluding diaryl/α,β-unsaturated/α-hetero) is 1. The zero-order valence-corrected chi connectivity index (χ0v) is 21.9. The second kappa shape index (κ2) is 11.0. The first-order valence-electron chi connectivity index (χ1n) is 12.2. The smallest absolute Gasteiger partial charge is 0.295 e. The van der Waals surface area contributed by atoms with E-state index in [1.54, 1.807) is 0 Å². The van der Waals surface area contributed by atoms with Crippen LogP contribution in [0.5, 0.6) is 0 Å². The van der Waals surface area contributed by atoms with E-state index >= 15 is 0 Å². The number of sulfonamides is 1. The minimum Gasteiger partial charge on any atom is -0.507 e. The zero-order valence-electron chi connectivity index (χ0n) is 20.2. The van der Waals surface area contributed by atoms with Crippen LogP contribution in [0.4, 0.5) is 0 Å². The number of ether oxygens (including phenoxy) is 2. The molecular formula is C25H29N3O7S2. The quantitative estimate of drug-likeness (QED) is 0.315. The number of amides is 1. The maximum absolute atomic E-state index is 13.2. The van der Waals surface area contributed by atoms with Crippen molar-refractivity contribution in [2.45, 2.75) is 10.9 Å². The van der Waals surface area contributed by atoms with E-state index in [4.69, 9.17) is 9.47 Å². The van der Waals surface area contributed by atoms with Gasteiger partial charge in [0.15, 0.2) is 0 Å². The molecule has 4 heterocycles. The van der Waals surface area contributed by atoms with Gasteiger partial charge in [0.1, 0.15) is 5.76 Å². The summed E-state index contributed by atoms with van der Waals surface area (Å²) in [4.78, 5) is 30.8. The molecule has 5 rings (SSSR count). The maximum Gasteiger partial charge on any atom is 0.295 e. The van der Waals surface area contributed by atoms with Crippen LogP contribution in [0, 0.1) is 0 Å². The Kier molecular flexibility index (Phi) is 7.75. The van der Waals surface area contributed by atoms with Gasteiger partial charge >= 0.3 is 0 Å². The van der Waals surface area contributed by atoms with E-state index in [9.17, 15) is 23.1 Å².